The van der Waals surface area contributed by atoms with Crippen molar-refractivity contribution in [3.8, 4) is 0 Å². The Morgan fingerprint density at radius 1 is 1.24 bits per heavy atom. The highest BCUT2D eigenvalue weighted by atomic mass is 32.2. The minimum atomic E-state index is -4.65. The lowest BCUT2D eigenvalue weighted by Gasteiger charge is -2.18. The Morgan fingerprint density at radius 3 is 2.44 bits per heavy atom. The van der Waals surface area contributed by atoms with Crippen molar-refractivity contribution in [2.75, 3.05) is 32.9 Å². The van der Waals surface area contributed by atoms with Gasteiger partial charge in [-0.15, -0.1) is 0 Å². The molecule has 0 unspecified atom stereocenters. The zero-order chi connectivity index (χ0) is 19.0. The smallest absolute Gasteiger partial charge is 0.391 e. The molecule has 2 atom stereocenters. The van der Waals surface area contributed by atoms with Crippen molar-refractivity contribution in [1.82, 2.24) is 9.21 Å². The molecule has 0 bridgehead atoms. The second kappa shape index (κ2) is 7.18. The van der Waals surface area contributed by atoms with Crippen LogP contribution in [-0.2, 0) is 22.7 Å². The second-order valence-corrected chi connectivity index (χ2v) is 8.66. The number of β-amino-alcohol motifs (C(OH)–C–C–N with tert-alkyl or cyclic N) is 1. The highest BCUT2D eigenvalue weighted by Crippen LogP contribution is 2.31. The monoisotopic (exact) mass is 384 g/mol. The van der Waals surface area contributed by atoms with E-state index in [2.05, 4.69) is 0 Å². The van der Waals surface area contributed by atoms with Gasteiger partial charge in [0.1, 0.15) is 5.82 Å². The van der Waals surface area contributed by atoms with E-state index in [-0.39, 0.29) is 31.0 Å². The average molecular weight is 384 g/mol. The molecule has 1 aromatic rings. The summed E-state index contributed by atoms with van der Waals surface area (Å²) in [4.78, 5) is 1.62. The molecule has 0 spiro atoms. The lowest BCUT2D eigenvalue weighted by molar-refractivity contribution is -0.137. The number of likely N-dealkylation sites (tertiary alicyclic amines) is 1. The first-order valence-electron chi connectivity index (χ1n) is 7.56. The van der Waals surface area contributed by atoms with E-state index in [1.807, 2.05) is 0 Å². The zero-order valence-corrected chi connectivity index (χ0v) is 14.6. The van der Waals surface area contributed by atoms with E-state index in [0.717, 1.165) is 16.4 Å². The van der Waals surface area contributed by atoms with E-state index in [1.54, 1.807) is 4.90 Å². The van der Waals surface area contributed by atoms with Gasteiger partial charge in [-0.05, 0) is 23.8 Å². The van der Waals surface area contributed by atoms with E-state index >= 15 is 0 Å². The number of sulfonamides is 1. The number of aliphatic hydroxyl groups excluding tert-OH is 1. The van der Waals surface area contributed by atoms with Gasteiger partial charge in [0.05, 0.1) is 17.4 Å². The third-order valence-electron chi connectivity index (χ3n) is 4.15. The van der Waals surface area contributed by atoms with E-state index < -0.39 is 39.6 Å². The highest BCUT2D eigenvalue weighted by Gasteiger charge is 2.36. The van der Waals surface area contributed by atoms with E-state index in [1.165, 1.54) is 14.1 Å². The van der Waals surface area contributed by atoms with Crippen molar-refractivity contribution >= 4 is 10.0 Å². The molecule has 1 heterocycles. The molecule has 5 nitrogen and oxygen atoms in total. The summed E-state index contributed by atoms with van der Waals surface area (Å²) < 4.78 is 76.6. The largest absolute Gasteiger partial charge is 0.416 e. The van der Waals surface area contributed by atoms with Crippen molar-refractivity contribution < 1.29 is 31.1 Å². The van der Waals surface area contributed by atoms with Crippen LogP contribution in [0.15, 0.2) is 18.2 Å². The van der Waals surface area contributed by atoms with Gasteiger partial charge in [-0.3, -0.25) is 4.90 Å². The van der Waals surface area contributed by atoms with Gasteiger partial charge < -0.3 is 5.11 Å². The Labute approximate surface area is 143 Å². The number of rotatable bonds is 5. The standard InChI is InChI=1S/C15H20F4N2O3S/c1-20(2)25(23,24)9-11-7-21(8-14(11)22)6-10-3-12(15(17,18)19)5-13(16)4-10/h3-5,11,14,22H,6-9H2,1-2H3/t11-,14+/m0/s1. The average Bonchev–Trinajstić information content (AvgIpc) is 2.76. The fourth-order valence-electron chi connectivity index (χ4n) is 2.82. The van der Waals surface area contributed by atoms with Crippen molar-refractivity contribution in [3.63, 3.8) is 0 Å². The first kappa shape index (κ1) is 20.1. The van der Waals surface area contributed by atoms with E-state index in [0.29, 0.717) is 6.07 Å². The third-order valence-corrected chi connectivity index (χ3v) is 6.12. The van der Waals surface area contributed by atoms with Crippen LogP contribution in [0.3, 0.4) is 0 Å². The summed E-state index contributed by atoms with van der Waals surface area (Å²) in [6.45, 7) is 0.313. The molecular formula is C15H20F4N2O3S. The Kier molecular flexibility index (Phi) is 5.77. The van der Waals surface area contributed by atoms with Gasteiger partial charge in [-0.2, -0.15) is 13.2 Å². The van der Waals surface area contributed by atoms with Gasteiger partial charge in [0.15, 0.2) is 0 Å². The van der Waals surface area contributed by atoms with Crippen LogP contribution < -0.4 is 0 Å². The maximum absolute atomic E-state index is 13.4. The van der Waals surface area contributed by atoms with E-state index in [9.17, 15) is 31.1 Å². The molecule has 1 fully saturated rings. The van der Waals surface area contributed by atoms with Gasteiger partial charge in [-0.25, -0.2) is 17.1 Å². The molecule has 0 aliphatic carbocycles. The van der Waals surface area contributed by atoms with Crippen LogP contribution in [0.25, 0.3) is 0 Å². The number of hydrogen-bond acceptors (Lipinski definition) is 4. The lowest BCUT2D eigenvalue weighted by atomic mass is 10.1. The molecule has 0 radical (unpaired) electrons. The van der Waals surface area contributed by atoms with Crippen LogP contribution in [-0.4, -0.2) is 61.8 Å². The molecule has 1 N–H and O–H groups in total. The SMILES string of the molecule is CN(C)S(=O)(=O)C[C@@H]1CN(Cc2cc(F)cc(C(F)(F)F)c2)C[C@H]1O. The van der Waals surface area contributed by atoms with E-state index in [4.69, 9.17) is 0 Å². The Hall–Kier alpha value is -1.23. The molecule has 0 aromatic heterocycles. The number of halogens is 4. The van der Waals surface area contributed by atoms with Crippen LogP contribution in [0.1, 0.15) is 11.1 Å². The number of nitrogens with zero attached hydrogens (tertiary/aromatic N) is 2. The third kappa shape index (κ3) is 5.13. The minimum absolute atomic E-state index is 0.00356. The van der Waals surface area contributed by atoms with Gasteiger partial charge in [-0.1, -0.05) is 0 Å². The molecule has 0 saturated carbocycles. The normalized spacial score (nSPS) is 22.7. The topological polar surface area (TPSA) is 60.9 Å². The molecule has 1 aromatic carbocycles. The predicted octanol–water partition coefficient (Wildman–Crippen LogP) is 1.53. The highest BCUT2D eigenvalue weighted by molar-refractivity contribution is 7.89. The maximum Gasteiger partial charge on any atom is 0.416 e. The van der Waals surface area contributed by atoms with Gasteiger partial charge >= 0.3 is 6.18 Å². The van der Waals surface area contributed by atoms with Gasteiger partial charge in [0.2, 0.25) is 10.0 Å². The van der Waals surface area contributed by atoms with Crippen LogP contribution >= 0.6 is 0 Å². The van der Waals surface area contributed by atoms with Crippen molar-refractivity contribution in [3.05, 3.63) is 35.1 Å². The Bertz CT molecular complexity index is 722. The summed E-state index contributed by atoms with van der Waals surface area (Å²) in [5, 5.41) is 10.0. The fourth-order valence-corrected chi connectivity index (χ4v) is 3.98. The van der Waals surface area contributed by atoms with Gasteiger partial charge in [0.25, 0.3) is 0 Å². The molecule has 142 valence electrons. The number of aliphatic hydroxyl groups is 1. The second-order valence-electron chi connectivity index (χ2n) is 6.43. The fraction of sp³-hybridized carbons (Fsp3) is 0.600. The molecule has 25 heavy (non-hydrogen) atoms. The minimum Gasteiger partial charge on any atom is -0.391 e. The van der Waals surface area contributed by atoms with Crippen molar-refractivity contribution in [1.29, 1.82) is 0 Å². The van der Waals surface area contributed by atoms with Crippen molar-refractivity contribution in [2.24, 2.45) is 5.92 Å². The van der Waals surface area contributed by atoms with Crippen LogP contribution in [0.5, 0.6) is 0 Å². The Morgan fingerprint density at radius 2 is 1.88 bits per heavy atom. The van der Waals surface area contributed by atoms with Crippen LogP contribution in [0.4, 0.5) is 17.6 Å². The summed E-state index contributed by atoms with van der Waals surface area (Å²) in [7, 11) is -0.728. The van der Waals surface area contributed by atoms with Crippen LogP contribution in [0.2, 0.25) is 0 Å². The molecular weight excluding hydrogens is 364 g/mol. The number of benzene rings is 1. The molecule has 1 aliphatic heterocycles. The molecule has 1 saturated heterocycles. The van der Waals surface area contributed by atoms with Crippen molar-refractivity contribution in [2.45, 2.75) is 18.8 Å². The van der Waals surface area contributed by atoms with Crippen LogP contribution in [0, 0.1) is 11.7 Å². The first-order chi connectivity index (χ1) is 11.4. The summed E-state index contributed by atoms with van der Waals surface area (Å²) in [5.74, 6) is -1.80. The quantitative estimate of drug-likeness (QED) is 0.783. The zero-order valence-electron chi connectivity index (χ0n) is 13.8. The number of hydrogen-bond donors (Lipinski definition) is 1. The number of alkyl halides is 3. The summed E-state index contributed by atoms with van der Waals surface area (Å²) in [6, 6.07) is 2.29. The predicted molar refractivity (Wildman–Crippen MR) is 83.6 cm³/mol. The summed E-state index contributed by atoms with van der Waals surface area (Å²) in [6.07, 6.45) is -5.56. The molecule has 10 heteroatoms. The summed E-state index contributed by atoms with van der Waals surface area (Å²) >= 11 is 0. The maximum atomic E-state index is 13.4. The first-order valence-corrected chi connectivity index (χ1v) is 9.16. The molecule has 2 rings (SSSR count). The molecule has 0 amide bonds. The lowest BCUT2D eigenvalue weighted by Crippen LogP contribution is -2.33. The Balaban J connectivity index is 2.09. The van der Waals surface area contributed by atoms with Gasteiger partial charge in [0, 0.05) is 39.6 Å². The summed E-state index contributed by atoms with van der Waals surface area (Å²) in [5.41, 5.74) is -0.954. The molecule has 1 aliphatic rings.